The van der Waals surface area contributed by atoms with E-state index in [-0.39, 0.29) is 0 Å². The van der Waals surface area contributed by atoms with Crippen LogP contribution in [0.1, 0.15) is 12.0 Å². The second-order valence-electron chi connectivity index (χ2n) is 4.77. The third-order valence-electron chi connectivity index (χ3n) is 2.85. The molecule has 1 aromatic carbocycles. The maximum atomic E-state index is 10.4. The van der Waals surface area contributed by atoms with E-state index in [0.29, 0.717) is 11.7 Å². The van der Waals surface area contributed by atoms with Gasteiger partial charge < -0.3 is 9.53 Å². The van der Waals surface area contributed by atoms with Crippen LogP contribution in [0.25, 0.3) is 0 Å². The van der Waals surface area contributed by atoms with Crippen LogP contribution >= 0.6 is 11.9 Å². The standard InChI is InChI=1S/C16H19NO2S/c1-17(2)20-16-9-7-15(8-10-16)19-14-5-3-13(4-6-14)11-12-18/h3-9,12,16H,10-11H2,1-2H3. The largest absolute Gasteiger partial charge is 0.458 e. The Morgan fingerprint density at radius 3 is 2.65 bits per heavy atom. The van der Waals surface area contributed by atoms with Gasteiger partial charge in [0.2, 0.25) is 0 Å². The van der Waals surface area contributed by atoms with E-state index in [1.165, 1.54) is 0 Å². The molecule has 0 aromatic heterocycles. The molecule has 0 heterocycles. The molecule has 0 amide bonds. The number of rotatable bonds is 6. The zero-order valence-electron chi connectivity index (χ0n) is 11.8. The summed E-state index contributed by atoms with van der Waals surface area (Å²) in [6, 6.07) is 7.63. The minimum atomic E-state index is 0.451. The van der Waals surface area contributed by atoms with Crippen LogP contribution in [0.15, 0.2) is 48.3 Å². The van der Waals surface area contributed by atoms with Crippen molar-refractivity contribution in [3.8, 4) is 5.75 Å². The summed E-state index contributed by atoms with van der Waals surface area (Å²) in [6.07, 6.45) is 8.63. The first-order valence-corrected chi connectivity index (χ1v) is 7.44. The summed E-state index contributed by atoms with van der Waals surface area (Å²) < 4.78 is 7.92. The lowest BCUT2D eigenvalue weighted by molar-refractivity contribution is -0.107. The molecular weight excluding hydrogens is 270 g/mol. The number of hydrogen-bond donors (Lipinski definition) is 0. The smallest absolute Gasteiger partial charge is 0.127 e. The van der Waals surface area contributed by atoms with Gasteiger partial charge in [0.05, 0.1) is 0 Å². The second-order valence-corrected chi connectivity index (χ2v) is 6.32. The Morgan fingerprint density at radius 1 is 1.35 bits per heavy atom. The first-order chi connectivity index (χ1) is 9.67. The molecule has 1 aliphatic carbocycles. The number of benzene rings is 1. The van der Waals surface area contributed by atoms with Crippen LogP contribution in [-0.4, -0.2) is 29.9 Å². The van der Waals surface area contributed by atoms with Crippen LogP contribution in [0, 0.1) is 0 Å². The molecule has 0 radical (unpaired) electrons. The molecule has 106 valence electrons. The summed E-state index contributed by atoms with van der Waals surface area (Å²) in [4.78, 5) is 10.4. The van der Waals surface area contributed by atoms with Gasteiger partial charge in [0.15, 0.2) is 0 Å². The van der Waals surface area contributed by atoms with Crippen molar-refractivity contribution < 1.29 is 9.53 Å². The molecule has 1 aliphatic rings. The van der Waals surface area contributed by atoms with Crippen molar-refractivity contribution in [3.05, 3.63) is 53.8 Å². The van der Waals surface area contributed by atoms with Gasteiger partial charge in [0.1, 0.15) is 17.8 Å². The predicted molar refractivity (Wildman–Crippen MR) is 83.7 cm³/mol. The van der Waals surface area contributed by atoms with Gasteiger partial charge in [-0.3, -0.25) is 4.31 Å². The summed E-state index contributed by atoms with van der Waals surface area (Å²) in [5.74, 6) is 1.68. The van der Waals surface area contributed by atoms with E-state index < -0.39 is 0 Å². The van der Waals surface area contributed by atoms with E-state index in [4.69, 9.17) is 4.74 Å². The molecule has 1 atom stereocenters. The van der Waals surface area contributed by atoms with Gasteiger partial charge in [-0.05, 0) is 50.4 Å². The van der Waals surface area contributed by atoms with Crippen LogP contribution in [0.2, 0.25) is 0 Å². The molecule has 0 aliphatic heterocycles. The molecule has 0 N–H and O–H groups in total. The molecule has 0 bridgehead atoms. The topological polar surface area (TPSA) is 29.5 Å². The van der Waals surface area contributed by atoms with Gasteiger partial charge in [0, 0.05) is 11.7 Å². The summed E-state index contributed by atoms with van der Waals surface area (Å²) in [5.41, 5.74) is 1.00. The van der Waals surface area contributed by atoms with Crippen molar-refractivity contribution >= 4 is 18.2 Å². The van der Waals surface area contributed by atoms with Gasteiger partial charge in [-0.25, -0.2) is 0 Å². The van der Waals surface area contributed by atoms with Crippen molar-refractivity contribution in [1.82, 2.24) is 4.31 Å². The fourth-order valence-electron chi connectivity index (χ4n) is 1.93. The third-order valence-corrected chi connectivity index (χ3v) is 3.89. The third kappa shape index (κ3) is 4.54. The summed E-state index contributed by atoms with van der Waals surface area (Å²) in [5, 5.41) is 0.479. The number of nitrogens with zero attached hydrogens (tertiary/aromatic N) is 1. The summed E-state index contributed by atoms with van der Waals surface area (Å²) in [6.45, 7) is 0. The lowest BCUT2D eigenvalue weighted by atomic mass is 10.1. The number of ether oxygens (including phenoxy) is 1. The lowest BCUT2D eigenvalue weighted by Crippen LogP contribution is -2.11. The number of carbonyl (C=O) groups excluding carboxylic acids is 1. The highest BCUT2D eigenvalue weighted by atomic mass is 32.2. The van der Waals surface area contributed by atoms with E-state index in [1.54, 1.807) is 11.9 Å². The van der Waals surface area contributed by atoms with Gasteiger partial charge in [0.25, 0.3) is 0 Å². The molecule has 20 heavy (non-hydrogen) atoms. The fraction of sp³-hybridized carbons (Fsp3) is 0.312. The number of carbonyl (C=O) groups is 1. The van der Waals surface area contributed by atoms with E-state index in [2.05, 4.69) is 30.6 Å². The van der Waals surface area contributed by atoms with Crippen molar-refractivity contribution in [1.29, 1.82) is 0 Å². The normalized spacial score (nSPS) is 17.9. The van der Waals surface area contributed by atoms with Crippen molar-refractivity contribution in [3.63, 3.8) is 0 Å². The highest BCUT2D eigenvalue weighted by Gasteiger charge is 2.11. The minimum absolute atomic E-state index is 0.451. The van der Waals surface area contributed by atoms with E-state index in [1.807, 2.05) is 30.3 Å². The molecular formula is C16H19NO2S. The van der Waals surface area contributed by atoms with Gasteiger partial charge in [-0.1, -0.05) is 30.2 Å². The highest BCUT2D eigenvalue weighted by molar-refractivity contribution is 7.97. The summed E-state index contributed by atoms with van der Waals surface area (Å²) >= 11 is 1.80. The van der Waals surface area contributed by atoms with Crippen LogP contribution < -0.4 is 4.74 Å². The van der Waals surface area contributed by atoms with Crippen LogP contribution in [0.3, 0.4) is 0 Å². The summed E-state index contributed by atoms with van der Waals surface area (Å²) in [7, 11) is 4.10. The number of hydrogen-bond acceptors (Lipinski definition) is 4. The zero-order valence-corrected chi connectivity index (χ0v) is 12.6. The van der Waals surface area contributed by atoms with Crippen LogP contribution in [-0.2, 0) is 11.2 Å². The molecule has 0 saturated heterocycles. The maximum absolute atomic E-state index is 10.4. The minimum Gasteiger partial charge on any atom is -0.458 e. The van der Waals surface area contributed by atoms with Gasteiger partial charge in [-0.2, -0.15) is 0 Å². The van der Waals surface area contributed by atoms with Gasteiger partial charge >= 0.3 is 0 Å². The number of aldehydes is 1. The molecule has 2 rings (SSSR count). The van der Waals surface area contributed by atoms with Gasteiger partial charge in [-0.15, -0.1) is 0 Å². The molecule has 0 spiro atoms. The molecule has 0 saturated carbocycles. The number of allylic oxidation sites excluding steroid dienone is 2. The first-order valence-electron chi connectivity index (χ1n) is 6.60. The Hall–Kier alpha value is -1.52. The Balaban J connectivity index is 1.90. The average Bonchev–Trinajstić information content (AvgIpc) is 2.43. The lowest BCUT2D eigenvalue weighted by Gasteiger charge is -2.19. The van der Waals surface area contributed by atoms with Crippen molar-refractivity contribution in [2.45, 2.75) is 18.1 Å². The highest BCUT2D eigenvalue weighted by Crippen LogP contribution is 2.25. The first kappa shape index (κ1) is 14.9. The quantitative estimate of drug-likeness (QED) is 0.594. The Morgan fingerprint density at radius 2 is 2.10 bits per heavy atom. The zero-order chi connectivity index (χ0) is 14.4. The second kappa shape index (κ2) is 7.31. The molecule has 1 aromatic rings. The Kier molecular flexibility index (Phi) is 5.44. The predicted octanol–water partition coefficient (Wildman–Crippen LogP) is 3.23. The van der Waals surface area contributed by atoms with Crippen LogP contribution in [0.5, 0.6) is 5.75 Å². The maximum Gasteiger partial charge on any atom is 0.127 e. The average molecular weight is 289 g/mol. The SMILES string of the molecule is CN(C)SC1C=CC(Oc2ccc(CC=O)cc2)=CC1. The monoisotopic (exact) mass is 289 g/mol. The van der Waals surface area contributed by atoms with Crippen molar-refractivity contribution in [2.24, 2.45) is 0 Å². The van der Waals surface area contributed by atoms with E-state index in [0.717, 1.165) is 29.8 Å². The Bertz CT molecular complexity index is 506. The molecule has 1 unspecified atom stereocenters. The van der Waals surface area contributed by atoms with E-state index >= 15 is 0 Å². The molecule has 0 fully saturated rings. The van der Waals surface area contributed by atoms with Crippen molar-refractivity contribution in [2.75, 3.05) is 14.1 Å². The molecule has 4 heteroatoms. The Labute approximate surface area is 124 Å². The van der Waals surface area contributed by atoms with E-state index in [9.17, 15) is 4.79 Å². The molecule has 3 nitrogen and oxygen atoms in total. The fourth-order valence-corrected chi connectivity index (χ4v) is 2.80. The van der Waals surface area contributed by atoms with Crippen LogP contribution in [0.4, 0.5) is 0 Å².